The van der Waals surface area contributed by atoms with E-state index in [1.54, 1.807) is 0 Å². The molecule has 1 aliphatic heterocycles. The molecule has 0 aromatic heterocycles. The molecule has 1 saturated heterocycles. The quantitative estimate of drug-likeness (QED) is 0.539. The number of likely N-dealkylation sites (tertiary alicyclic amines) is 1. The fraction of sp³-hybridized carbons (Fsp3) is 1.00. The maximum absolute atomic E-state index is 2.62. The van der Waals surface area contributed by atoms with Crippen LogP contribution in [0.15, 0.2) is 0 Å². The van der Waals surface area contributed by atoms with Crippen LogP contribution in [0.3, 0.4) is 0 Å². The Kier molecular flexibility index (Phi) is 3.43. The van der Waals surface area contributed by atoms with Crippen LogP contribution in [0.1, 0.15) is 26.7 Å². The molecule has 0 radical (unpaired) electrons. The van der Waals surface area contributed by atoms with Gasteiger partial charge in [0.15, 0.2) is 0 Å². The van der Waals surface area contributed by atoms with Gasteiger partial charge in [-0.15, -0.1) is 0 Å². The van der Waals surface area contributed by atoms with Crippen LogP contribution in [0.2, 0.25) is 0 Å². The van der Waals surface area contributed by atoms with Gasteiger partial charge in [-0.25, -0.2) is 0 Å². The summed E-state index contributed by atoms with van der Waals surface area (Å²) in [5, 5.41) is 0. The number of alkyl halides is 1. The molecular weight excluding hydrogens is 237 g/mol. The molecule has 1 fully saturated rings. The molecule has 0 bridgehead atoms. The molecule has 0 spiro atoms. The lowest BCUT2D eigenvalue weighted by Crippen LogP contribution is -2.34. The Balaban J connectivity index is 2.38. The zero-order chi connectivity index (χ0) is 7.56. The van der Waals surface area contributed by atoms with Gasteiger partial charge in [0.25, 0.3) is 0 Å². The Hall–Kier alpha value is 0.690. The van der Waals surface area contributed by atoms with E-state index in [2.05, 4.69) is 41.3 Å². The van der Waals surface area contributed by atoms with Gasteiger partial charge in [0, 0.05) is 23.1 Å². The fourth-order valence-corrected chi connectivity index (χ4v) is 2.34. The Morgan fingerprint density at radius 1 is 1.30 bits per heavy atom. The smallest absolute Gasteiger partial charge is 0.0124 e. The molecule has 0 saturated carbocycles. The Morgan fingerprint density at radius 3 is 2.20 bits per heavy atom. The first-order valence-electron chi connectivity index (χ1n) is 4.07. The van der Waals surface area contributed by atoms with Crippen molar-refractivity contribution in [1.82, 2.24) is 4.90 Å². The standard InChI is InChI=1S/C8H16IN/c1-7-3-4-8(2)10(7)6-5-9/h7-8H,3-6H2,1-2H3. The average Bonchev–Trinajstić information content (AvgIpc) is 2.20. The van der Waals surface area contributed by atoms with Crippen molar-refractivity contribution in [2.75, 3.05) is 11.0 Å². The van der Waals surface area contributed by atoms with Gasteiger partial charge in [-0.05, 0) is 26.7 Å². The monoisotopic (exact) mass is 253 g/mol. The molecule has 0 amide bonds. The second-order valence-corrected chi connectivity index (χ2v) is 4.28. The maximum atomic E-state index is 2.62. The lowest BCUT2D eigenvalue weighted by atomic mass is 10.2. The first kappa shape index (κ1) is 8.78. The molecule has 60 valence electrons. The predicted molar refractivity (Wildman–Crippen MR) is 53.8 cm³/mol. The van der Waals surface area contributed by atoms with Gasteiger partial charge in [0.05, 0.1) is 0 Å². The number of rotatable bonds is 2. The highest BCUT2D eigenvalue weighted by Gasteiger charge is 2.25. The Labute approximate surface area is 77.3 Å². The summed E-state index contributed by atoms with van der Waals surface area (Å²) in [5.41, 5.74) is 0. The summed E-state index contributed by atoms with van der Waals surface area (Å²) in [4.78, 5) is 2.62. The third-order valence-corrected chi connectivity index (χ3v) is 2.96. The van der Waals surface area contributed by atoms with Crippen molar-refractivity contribution in [2.45, 2.75) is 38.8 Å². The van der Waals surface area contributed by atoms with Gasteiger partial charge in [-0.2, -0.15) is 0 Å². The van der Waals surface area contributed by atoms with Crippen LogP contribution in [-0.4, -0.2) is 28.0 Å². The van der Waals surface area contributed by atoms with Crippen LogP contribution in [0.5, 0.6) is 0 Å². The molecule has 0 aliphatic carbocycles. The van der Waals surface area contributed by atoms with Crippen LogP contribution in [0, 0.1) is 0 Å². The number of hydrogen-bond acceptors (Lipinski definition) is 1. The van der Waals surface area contributed by atoms with Crippen LogP contribution in [0.4, 0.5) is 0 Å². The molecular formula is C8H16IN. The van der Waals surface area contributed by atoms with Crippen molar-refractivity contribution >= 4 is 22.6 Å². The van der Waals surface area contributed by atoms with Crippen molar-refractivity contribution in [3.05, 3.63) is 0 Å². The Morgan fingerprint density at radius 2 is 1.80 bits per heavy atom. The van der Waals surface area contributed by atoms with E-state index in [0.29, 0.717) is 0 Å². The zero-order valence-electron chi connectivity index (χ0n) is 6.81. The molecule has 0 aromatic carbocycles. The van der Waals surface area contributed by atoms with Gasteiger partial charge in [-0.1, -0.05) is 22.6 Å². The lowest BCUT2D eigenvalue weighted by molar-refractivity contribution is 0.230. The molecule has 2 heteroatoms. The molecule has 10 heavy (non-hydrogen) atoms. The van der Waals surface area contributed by atoms with E-state index in [1.807, 2.05) is 0 Å². The lowest BCUT2D eigenvalue weighted by Gasteiger charge is -2.24. The molecule has 0 N–H and O–H groups in total. The van der Waals surface area contributed by atoms with E-state index in [0.717, 1.165) is 12.1 Å². The summed E-state index contributed by atoms with van der Waals surface area (Å²) in [5.74, 6) is 0. The third kappa shape index (κ3) is 1.84. The topological polar surface area (TPSA) is 3.24 Å². The van der Waals surface area contributed by atoms with E-state index in [4.69, 9.17) is 0 Å². The first-order chi connectivity index (χ1) is 4.75. The normalized spacial score (nSPS) is 35.1. The highest BCUT2D eigenvalue weighted by molar-refractivity contribution is 14.1. The van der Waals surface area contributed by atoms with E-state index in [1.165, 1.54) is 23.8 Å². The molecule has 1 heterocycles. The summed E-state index contributed by atoms with van der Waals surface area (Å²) in [6.07, 6.45) is 2.80. The zero-order valence-corrected chi connectivity index (χ0v) is 8.97. The van der Waals surface area contributed by atoms with Crippen LogP contribution in [-0.2, 0) is 0 Å². The van der Waals surface area contributed by atoms with E-state index in [9.17, 15) is 0 Å². The van der Waals surface area contributed by atoms with Crippen LogP contribution >= 0.6 is 22.6 Å². The second-order valence-electron chi connectivity index (χ2n) is 3.20. The van der Waals surface area contributed by atoms with Crippen molar-refractivity contribution in [1.29, 1.82) is 0 Å². The molecule has 2 unspecified atom stereocenters. The van der Waals surface area contributed by atoms with Gasteiger partial charge in [0.1, 0.15) is 0 Å². The van der Waals surface area contributed by atoms with Crippen LogP contribution < -0.4 is 0 Å². The van der Waals surface area contributed by atoms with Gasteiger partial charge < -0.3 is 0 Å². The third-order valence-electron chi connectivity index (χ3n) is 2.48. The van der Waals surface area contributed by atoms with E-state index < -0.39 is 0 Å². The number of hydrogen-bond donors (Lipinski definition) is 0. The first-order valence-corrected chi connectivity index (χ1v) is 5.60. The van der Waals surface area contributed by atoms with Crippen LogP contribution in [0.25, 0.3) is 0 Å². The van der Waals surface area contributed by atoms with Crippen molar-refractivity contribution in [3.63, 3.8) is 0 Å². The summed E-state index contributed by atoms with van der Waals surface area (Å²) >= 11 is 2.46. The minimum atomic E-state index is 0.838. The van der Waals surface area contributed by atoms with Crippen molar-refractivity contribution < 1.29 is 0 Å². The molecule has 1 aliphatic rings. The van der Waals surface area contributed by atoms with Crippen molar-refractivity contribution in [3.8, 4) is 0 Å². The summed E-state index contributed by atoms with van der Waals surface area (Å²) in [6.45, 7) is 5.97. The fourth-order valence-electron chi connectivity index (χ4n) is 1.79. The highest BCUT2D eigenvalue weighted by Crippen LogP contribution is 2.22. The second kappa shape index (κ2) is 3.90. The van der Waals surface area contributed by atoms with Gasteiger partial charge >= 0.3 is 0 Å². The predicted octanol–water partition coefficient (Wildman–Crippen LogP) is 2.29. The van der Waals surface area contributed by atoms with Crippen molar-refractivity contribution in [2.24, 2.45) is 0 Å². The van der Waals surface area contributed by atoms with Gasteiger partial charge in [0.2, 0.25) is 0 Å². The molecule has 0 aromatic rings. The largest absolute Gasteiger partial charge is 0.297 e. The molecule has 2 atom stereocenters. The summed E-state index contributed by atoms with van der Waals surface area (Å²) < 4.78 is 1.27. The minimum Gasteiger partial charge on any atom is -0.297 e. The summed E-state index contributed by atoms with van der Waals surface area (Å²) in [7, 11) is 0. The van der Waals surface area contributed by atoms with Gasteiger partial charge in [-0.3, -0.25) is 4.90 Å². The minimum absolute atomic E-state index is 0.838. The molecule has 1 rings (SSSR count). The maximum Gasteiger partial charge on any atom is 0.0124 e. The summed E-state index contributed by atoms with van der Waals surface area (Å²) in [6, 6.07) is 1.68. The van der Waals surface area contributed by atoms with E-state index in [-0.39, 0.29) is 0 Å². The number of halogens is 1. The van der Waals surface area contributed by atoms with E-state index >= 15 is 0 Å². The molecule has 1 nitrogen and oxygen atoms in total. The SMILES string of the molecule is CC1CCC(C)N1CCI. The Bertz CT molecular complexity index is 95.4. The highest BCUT2D eigenvalue weighted by atomic mass is 127. The average molecular weight is 253 g/mol. The number of nitrogens with zero attached hydrogens (tertiary/aromatic N) is 1.